The molecule has 540 valence electrons. The molecule has 0 unspecified atom stereocenters. The number of nitrogens with one attached hydrogen (secondary N) is 1. The van der Waals surface area contributed by atoms with Crippen LogP contribution in [0.3, 0.4) is 0 Å². The van der Waals surface area contributed by atoms with Gasteiger partial charge in [0, 0.05) is 112 Å². The molecule has 0 radical (unpaired) electrons. The quantitative estimate of drug-likeness (QED) is 0.131. The van der Waals surface area contributed by atoms with Gasteiger partial charge in [-0.2, -0.15) is 0 Å². The fraction of sp³-hybridized carbons (Fsp3) is 0.845. The van der Waals surface area contributed by atoms with Crippen LogP contribution in [-0.4, -0.2) is 259 Å². The zero-order valence-electron chi connectivity index (χ0n) is 62.3. The van der Waals surface area contributed by atoms with Gasteiger partial charge in [-0.15, -0.1) is 0 Å². The Hall–Kier alpha value is -5.39. The number of morpholine rings is 1. The minimum atomic E-state index is -1.59. The van der Waals surface area contributed by atoms with Crippen molar-refractivity contribution >= 4 is 64.6 Å². The SMILES string of the molecule is CCCC[C@@H](C)[C@@H](O)[C@H]1C(=O)N[C@@H](CC)C(=O)N(C)[C@H](C)C(=O)N(C)[C@@H]([C@H](C)COCCN2CCOCC2)C(=O)C[C@@H](C(C)C)C(=O)N(C)[C@@H](CC(C)C)C(=O)C[C@@H](C)C(=O)C[C@H](C)C(=O)N(C)[C@@H](CC(C)C)C(=O)N(C)[C@@H](CC(C)C)C(=O)N(C)[C@@H](C(C)C)C(=O)N1C. The highest BCUT2D eigenvalue weighted by molar-refractivity contribution is 6.00. The van der Waals surface area contributed by atoms with E-state index in [-0.39, 0.29) is 80.9 Å². The number of nitrogens with zero attached hydrogens (tertiary/aromatic N) is 8. The molecule has 14 atom stereocenters. The zero-order chi connectivity index (χ0) is 72.1. The molecule has 0 saturated carbocycles. The van der Waals surface area contributed by atoms with Gasteiger partial charge in [0.05, 0.1) is 44.6 Å². The van der Waals surface area contributed by atoms with Crippen LogP contribution in [0.15, 0.2) is 0 Å². The van der Waals surface area contributed by atoms with Gasteiger partial charge in [-0.1, -0.05) is 124 Å². The summed E-state index contributed by atoms with van der Waals surface area (Å²) < 4.78 is 11.7. The second-order valence-electron chi connectivity index (χ2n) is 29.6. The molecule has 2 fully saturated rings. The number of ketones is 3. The molecule has 2 aliphatic heterocycles. The molecule has 23 heteroatoms. The number of carbonyl (C=O) groups is 11. The lowest BCUT2D eigenvalue weighted by Crippen LogP contribution is -2.63. The molecular weight excluding hydrogens is 1200 g/mol. The molecule has 0 aliphatic carbocycles. The molecule has 2 saturated heterocycles. The number of hydrogen-bond donors (Lipinski definition) is 2. The van der Waals surface area contributed by atoms with Crippen LogP contribution < -0.4 is 5.32 Å². The number of unbranched alkanes of at least 4 members (excludes halogenated alkanes) is 1. The summed E-state index contributed by atoms with van der Waals surface area (Å²) in [7, 11) is 10.3. The lowest BCUT2D eigenvalue weighted by Gasteiger charge is -2.41. The van der Waals surface area contributed by atoms with Crippen LogP contribution in [0.1, 0.15) is 182 Å². The first-order chi connectivity index (χ1) is 43.7. The molecule has 0 spiro atoms. The van der Waals surface area contributed by atoms with Crippen LogP contribution in [0.4, 0.5) is 0 Å². The van der Waals surface area contributed by atoms with Gasteiger partial charge in [0.1, 0.15) is 42.0 Å². The van der Waals surface area contributed by atoms with E-state index in [9.17, 15) is 29.1 Å². The minimum absolute atomic E-state index is 0.0215. The van der Waals surface area contributed by atoms with Gasteiger partial charge >= 0.3 is 0 Å². The Morgan fingerprint density at radius 1 is 0.511 bits per heavy atom. The van der Waals surface area contributed by atoms with Crippen molar-refractivity contribution < 1.29 is 67.3 Å². The highest BCUT2D eigenvalue weighted by atomic mass is 16.5. The first kappa shape index (κ1) is 84.7. The first-order valence-electron chi connectivity index (χ1n) is 35.0. The van der Waals surface area contributed by atoms with Gasteiger partial charge in [-0.05, 0) is 74.5 Å². The van der Waals surface area contributed by atoms with E-state index in [0.717, 1.165) is 24.4 Å². The van der Waals surface area contributed by atoms with Crippen molar-refractivity contribution in [2.45, 2.75) is 236 Å². The molecule has 23 nitrogen and oxygen atoms in total. The summed E-state index contributed by atoms with van der Waals surface area (Å²) in [6, 6.07) is -9.72. The van der Waals surface area contributed by atoms with Crippen LogP contribution in [0, 0.1) is 59.2 Å². The Labute approximate surface area is 565 Å². The fourth-order valence-electron chi connectivity index (χ4n) is 13.2. The molecule has 8 amide bonds. The summed E-state index contributed by atoms with van der Waals surface area (Å²) in [4.78, 5) is 175. The Morgan fingerprint density at radius 2 is 0.989 bits per heavy atom. The van der Waals surface area contributed by atoms with Gasteiger partial charge in [0.25, 0.3) is 0 Å². The van der Waals surface area contributed by atoms with Gasteiger partial charge in [-0.3, -0.25) is 57.6 Å². The van der Waals surface area contributed by atoms with Crippen molar-refractivity contribution in [3.63, 3.8) is 0 Å². The maximum absolute atomic E-state index is 15.3. The third kappa shape index (κ3) is 23.7. The lowest BCUT2D eigenvalue weighted by molar-refractivity contribution is -0.157. The Bertz CT molecular complexity index is 2500. The van der Waals surface area contributed by atoms with E-state index in [1.54, 1.807) is 48.5 Å². The maximum atomic E-state index is 15.3. The number of aliphatic hydroxyl groups excluding tert-OH is 1. The van der Waals surface area contributed by atoms with Crippen molar-refractivity contribution in [3.8, 4) is 0 Å². The second kappa shape index (κ2) is 39.7. The van der Waals surface area contributed by atoms with Crippen molar-refractivity contribution in [1.82, 2.24) is 44.5 Å². The summed E-state index contributed by atoms with van der Waals surface area (Å²) in [6.45, 7) is 34.2. The number of likely N-dealkylation sites (N-methyl/N-ethyl adjacent to an activating group) is 7. The van der Waals surface area contributed by atoms with Crippen LogP contribution in [0.25, 0.3) is 0 Å². The third-order valence-electron chi connectivity index (χ3n) is 19.6. The minimum Gasteiger partial charge on any atom is -0.390 e. The third-order valence-corrected chi connectivity index (χ3v) is 19.6. The van der Waals surface area contributed by atoms with Gasteiger partial charge in [0.2, 0.25) is 47.3 Å². The number of ether oxygens (including phenoxy) is 2. The van der Waals surface area contributed by atoms with Crippen molar-refractivity contribution in [2.75, 3.05) is 95.4 Å². The average molecular weight is 1330 g/mol. The van der Waals surface area contributed by atoms with Gasteiger partial charge in [0.15, 0.2) is 11.6 Å². The number of hydrogen-bond acceptors (Lipinski definition) is 15. The smallest absolute Gasteiger partial charge is 0.246 e. The summed E-state index contributed by atoms with van der Waals surface area (Å²) >= 11 is 0. The van der Waals surface area contributed by atoms with Gasteiger partial charge in [-0.25, -0.2) is 0 Å². The topological polar surface area (TPSA) is 264 Å². The van der Waals surface area contributed by atoms with Crippen LogP contribution in [-0.2, 0) is 62.2 Å². The Morgan fingerprint density at radius 3 is 1.49 bits per heavy atom. The number of carbonyl (C=O) groups excluding carboxylic acids is 11. The van der Waals surface area contributed by atoms with E-state index >= 15 is 28.8 Å². The molecule has 2 N–H and O–H groups in total. The van der Waals surface area contributed by atoms with E-state index in [4.69, 9.17) is 9.47 Å². The van der Waals surface area contributed by atoms with E-state index in [1.165, 1.54) is 85.7 Å². The molecule has 94 heavy (non-hydrogen) atoms. The molecule has 0 bridgehead atoms. The van der Waals surface area contributed by atoms with Crippen molar-refractivity contribution in [2.24, 2.45) is 59.2 Å². The number of aliphatic hydroxyl groups is 1. The molecular formula is C71H127N9O14. The first-order valence-corrected chi connectivity index (χ1v) is 35.0. The standard InChI is InChI=1S/C71H127N9O14/c1-25-27-28-47(13)63(84)62-64(85)72-53(26-2)68(89)73(18)51(17)66(87)78(23)61(50(16)41-94-34-31-80-29-32-93-33-30-80)59(83)40-52(45(9)10)67(88)74(19)54(35-42(3)4)58(82)38-48(14)57(81)39-49(15)65(86)75(20)55(36-43(5)6)69(90)76(21)56(37-44(7)8)70(91)77(22)60(46(11)12)71(92)79(62)24/h42-56,60-63,84H,25-41H2,1-24H3,(H,72,85)/t47-,48-,49+,50-,51-,52+,53+,54+,55+,56+,60+,61+,62+,63-/m1/s1. The largest absolute Gasteiger partial charge is 0.390 e. The predicted octanol–water partition coefficient (Wildman–Crippen LogP) is 6.09. The Balaban J connectivity index is 3.01. The van der Waals surface area contributed by atoms with Crippen LogP contribution in [0.2, 0.25) is 0 Å². The van der Waals surface area contributed by atoms with Crippen molar-refractivity contribution in [3.05, 3.63) is 0 Å². The second-order valence-corrected chi connectivity index (χ2v) is 29.6. The summed E-state index contributed by atoms with van der Waals surface area (Å²) in [5, 5.41) is 15.1. The molecule has 2 rings (SSSR count). The molecule has 0 aromatic carbocycles. The van der Waals surface area contributed by atoms with Crippen LogP contribution in [0.5, 0.6) is 0 Å². The monoisotopic (exact) mass is 1330 g/mol. The van der Waals surface area contributed by atoms with Crippen LogP contribution >= 0.6 is 0 Å². The normalized spacial score (nSPS) is 27.9. The predicted molar refractivity (Wildman–Crippen MR) is 364 cm³/mol. The molecule has 0 aromatic rings. The molecule has 2 aliphatic rings. The van der Waals surface area contributed by atoms with E-state index in [1.807, 2.05) is 62.3 Å². The van der Waals surface area contributed by atoms with Gasteiger partial charge < -0.3 is 54.2 Å². The molecule has 2 heterocycles. The fourth-order valence-corrected chi connectivity index (χ4v) is 13.2. The number of Topliss-reactive ketones (excluding diaryl/α,β-unsaturated/α-hetero) is 3. The highest BCUT2D eigenvalue weighted by Gasteiger charge is 2.46. The lowest BCUT2D eigenvalue weighted by atomic mass is 9.83. The van der Waals surface area contributed by atoms with E-state index in [2.05, 4.69) is 10.2 Å². The highest BCUT2D eigenvalue weighted by Crippen LogP contribution is 2.30. The summed E-state index contributed by atoms with van der Waals surface area (Å²) in [5.41, 5.74) is 0. The zero-order valence-corrected chi connectivity index (χ0v) is 62.3. The maximum Gasteiger partial charge on any atom is 0.246 e. The van der Waals surface area contributed by atoms with E-state index in [0.29, 0.717) is 39.2 Å². The van der Waals surface area contributed by atoms with E-state index < -0.39 is 149 Å². The van der Waals surface area contributed by atoms with Crippen molar-refractivity contribution in [1.29, 1.82) is 0 Å². The summed E-state index contributed by atoms with van der Waals surface area (Å²) in [6.07, 6.45) is 0.314. The number of rotatable bonds is 20. The Kier molecular flexibility index (Phi) is 35.8. The molecule has 0 aromatic heterocycles. The summed E-state index contributed by atoms with van der Waals surface area (Å²) in [5.74, 6) is -11.4. The number of amides is 8. The average Bonchev–Trinajstić information content (AvgIpc) is 0.969.